The van der Waals surface area contributed by atoms with Crippen LogP contribution in [0.2, 0.25) is 0 Å². The average Bonchev–Trinajstić information content (AvgIpc) is 4.09. The van der Waals surface area contributed by atoms with Gasteiger partial charge in [-0.3, -0.25) is 14.4 Å². The van der Waals surface area contributed by atoms with E-state index < -0.39 is 29.6 Å². The molecular weight excluding hydrogens is 853 g/mol. The lowest BCUT2D eigenvalue weighted by Gasteiger charge is -2.35. The molecule has 2 aliphatic rings. The predicted octanol–water partition coefficient (Wildman–Crippen LogP) is 9.39. The van der Waals surface area contributed by atoms with Crippen molar-refractivity contribution in [2.75, 3.05) is 13.2 Å². The van der Waals surface area contributed by atoms with Crippen molar-refractivity contribution in [2.45, 2.75) is 142 Å². The fourth-order valence-electron chi connectivity index (χ4n) is 9.31. The number of hydrogen-bond donors (Lipinski definition) is 4. The van der Waals surface area contributed by atoms with Crippen molar-refractivity contribution in [2.24, 2.45) is 5.41 Å². The van der Waals surface area contributed by atoms with Gasteiger partial charge in [0.2, 0.25) is 17.7 Å². The largest absolute Gasteiger partial charge is 0.494 e. The molecule has 2 aromatic heterocycles. The number of ether oxygens (including phenoxy) is 1. The minimum atomic E-state index is -0.893. The molecule has 3 amide bonds. The van der Waals surface area contributed by atoms with Crippen LogP contribution >= 0.6 is 11.3 Å². The number of aliphatic hydroxyl groups excluding tert-OH is 1. The third-order valence-corrected chi connectivity index (χ3v) is 14.0. The third kappa shape index (κ3) is 12.2. The highest BCUT2D eigenvalue weighted by Crippen LogP contribution is 2.39. The molecule has 7 rings (SSSR count). The number of β-amino-alcohol motifs (C(OH)–C–C–N with tert-alkyl or cyclic N) is 1. The van der Waals surface area contributed by atoms with Gasteiger partial charge in [-0.15, -0.1) is 11.3 Å². The van der Waals surface area contributed by atoms with E-state index in [-0.39, 0.29) is 43.1 Å². The Morgan fingerprint density at radius 1 is 0.879 bits per heavy atom. The molecule has 4 N–H and O–H groups in total. The number of thiazole rings is 1. The van der Waals surface area contributed by atoms with Gasteiger partial charge in [0.1, 0.15) is 24.2 Å². The van der Waals surface area contributed by atoms with Crippen molar-refractivity contribution in [1.82, 2.24) is 30.5 Å². The van der Waals surface area contributed by atoms with E-state index in [1.165, 1.54) is 4.90 Å². The Bertz CT molecular complexity index is 2480. The Morgan fingerprint density at radius 3 is 2.29 bits per heavy atom. The molecule has 13 nitrogen and oxygen atoms in total. The van der Waals surface area contributed by atoms with Crippen molar-refractivity contribution >= 4 is 45.9 Å². The van der Waals surface area contributed by atoms with E-state index in [0.29, 0.717) is 25.0 Å². The first-order chi connectivity index (χ1) is 31.8. The number of aryl methyl sites for hydroxylation is 1. The molecule has 0 spiro atoms. The van der Waals surface area contributed by atoms with Crippen LogP contribution in [0.1, 0.15) is 137 Å². The lowest BCUT2D eigenvalue weighted by atomic mass is 9.85. The van der Waals surface area contributed by atoms with Crippen LogP contribution in [-0.4, -0.2) is 85.1 Å². The Labute approximate surface area is 391 Å². The number of unbranched alkanes of at least 4 members (excludes halogenated alkanes) is 6. The fourth-order valence-corrected chi connectivity index (χ4v) is 10.1. The maximum Gasteiger partial charge on any atom is 0.335 e. The third-order valence-electron chi connectivity index (χ3n) is 13.0. The zero-order valence-corrected chi connectivity index (χ0v) is 39.5. The minimum Gasteiger partial charge on any atom is -0.494 e. The molecule has 66 heavy (non-hydrogen) atoms. The highest BCUT2D eigenvalue weighted by molar-refractivity contribution is 7.13. The van der Waals surface area contributed by atoms with E-state index in [0.717, 1.165) is 119 Å². The summed E-state index contributed by atoms with van der Waals surface area (Å²) in [5.74, 6) is -0.783. The van der Waals surface area contributed by atoms with Crippen LogP contribution in [-0.2, 0) is 20.9 Å². The normalized spacial score (nSPS) is 17.0. The second kappa shape index (κ2) is 22.2. The first-order valence-electron chi connectivity index (χ1n) is 23.6. The minimum absolute atomic E-state index is 0.0322. The second-order valence-electron chi connectivity index (χ2n) is 19.0. The zero-order chi connectivity index (χ0) is 46.8. The van der Waals surface area contributed by atoms with Crippen LogP contribution in [0, 0.1) is 12.3 Å². The molecule has 350 valence electrons. The molecule has 5 aromatic rings. The average molecular weight is 917 g/mol. The van der Waals surface area contributed by atoms with E-state index >= 15 is 0 Å². The number of aliphatic hydroxyl groups is 1. The number of likely N-dealkylation sites (tertiary alicyclic amines) is 1. The summed E-state index contributed by atoms with van der Waals surface area (Å²) in [5.41, 5.74) is 7.87. The number of carboxylic acids is 1. The van der Waals surface area contributed by atoms with Crippen LogP contribution in [0.5, 0.6) is 5.75 Å². The fraction of sp³-hybridized carbons (Fsp3) is 0.481. The summed E-state index contributed by atoms with van der Waals surface area (Å²) in [6.07, 6.45) is 12.1. The lowest BCUT2D eigenvalue weighted by molar-refractivity contribution is -0.144. The number of nitrogens with one attached hydrogen (secondary N) is 2. The van der Waals surface area contributed by atoms with Crippen LogP contribution < -0.4 is 15.4 Å². The number of amides is 3. The Morgan fingerprint density at radius 2 is 1.59 bits per heavy atom. The molecule has 0 bridgehead atoms. The van der Waals surface area contributed by atoms with Crippen molar-refractivity contribution < 1.29 is 34.1 Å². The van der Waals surface area contributed by atoms with E-state index in [1.54, 1.807) is 23.7 Å². The maximum absolute atomic E-state index is 14.0. The summed E-state index contributed by atoms with van der Waals surface area (Å²) in [6, 6.07) is 17.7. The molecule has 0 unspecified atom stereocenters. The molecule has 3 atom stereocenters. The van der Waals surface area contributed by atoms with E-state index in [9.17, 15) is 29.4 Å². The summed E-state index contributed by atoms with van der Waals surface area (Å²) < 4.78 is 6.10. The molecule has 1 aliphatic carbocycles. The molecular formula is C52H64N6O7S. The van der Waals surface area contributed by atoms with Gasteiger partial charge in [-0.25, -0.2) is 19.7 Å². The molecule has 0 radical (unpaired) electrons. The van der Waals surface area contributed by atoms with Crippen molar-refractivity contribution in [3.05, 3.63) is 94.9 Å². The molecule has 1 aliphatic heterocycles. The molecule has 14 heteroatoms. The number of aromatic nitrogens is 3. The number of benzene rings is 3. The monoisotopic (exact) mass is 916 g/mol. The lowest BCUT2D eigenvalue weighted by Crippen LogP contribution is -2.57. The summed E-state index contributed by atoms with van der Waals surface area (Å²) in [6.45, 7) is 8.56. The van der Waals surface area contributed by atoms with E-state index in [4.69, 9.17) is 4.74 Å². The topological polar surface area (TPSA) is 184 Å². The van der Waals surface area contributed by atoms with Crippen molar-refractivity contribution in [3.63, 3.8) is 0 Å². The van der Waals surface area contributed by atoms with Crippen LogP contribution in [0.25, 0.3) is 32.6 Å². The SMILES string of the molecule is Cc1ncsc1-c1ccc(CNC(=O)[C@@H]2C[C@@H](O)CN2C(=O)[C@@H](NC(=O)CCCCCCCCCOc2ccc3c(-c4ccc(C(=O)O)c(C5CCCC5)c4)ncnc3c2)C(C)(C)C)cc1. The van der Waals surface area contributed by atoms with Gasteiger partial charge in [0, 0.05) is 42.9 Å². The summed E-state index contributed by atoms with van der Waals surface area (Å²) in [7, 11) is 0. The number of rotatable bonds is 20. The Hall–Kier alpha value is -5.73. The number of carbonyl (C=O) groups is 4. The summed E-state index contributed by atoms with van der Waals surface area (Å²) >= 11 is 1.58. The van der Waals surface area contributed by atoms with Gasteiger partial charge >= 0.3 is 5.97 Å². The van der Waals surface area contributed by atoms with E-state index in [1.807, 2.05) is 87.8 Å². The van der Waals surface area contributed by atoms with Gasteiger partial charge < -0.3 is 30.5 Å². The first kappa shape index (κ1) is 48.2. The van der Waals surface area contributed by atoms with Gasteiger partial charge in [-0.2, -0.15) is 0 Å². The zero-order valence-electron chi connectivity index (χ0n) is 38.7. The molecule has 3 aromatic carbocycles. The molecule has 3 heterocycles. The standard InChI is InChI=1S/C52H64N6O7S/c1-33-47(66-32-56-33)36-19-17-34(18-20-36)29-53-49(61)44-27-38(59)30-58(44)50(62)48(52(2,3)4)57-45(60)16-10-8-6-5-7-9-13-25-65-39-22-24-41-43(28-39)54-31-55-46(41)37-21-23-40(51(63)64)42(26-37)35-14-11-12-15-35/h17-24,26,28,31-32,35,38,44,48,59H,5-16,25,27,29-30H2,1-4H3,(H,53,61)(H,57,60)(H,63,64)/t38-,44+,48-/m1/s1. The predicted molar refractivity (Wildman–Crippen MR) is 257 cm³/mol. The number of fused-ring (bicyclic) bond motifs is 1. The van der Waals surface area contributed by atoms with Crippen LogP contribution in [0.3, 0.4) is 0 Å². The van der Waals surface area contributed by atoms with Crippen LogP contribution in [0.15, 0.2) is 72.5 Å². The summed E-state index contributed by atoms with van der Waals surface area (Å²) in [5, 5.41) is 27.2. The Kier molecular flexibility index (Phi) is 16.2. The number of carboxylic acid groups (broad SMARTS) is 1. The molecule has 2 fully saturated rings. The van der Waals surface area contributed by atoms with Gasteiger partial charge in [0.25, 0.3) is 0 Å². The second-order valence-corrected chi connectivity index (χ2v) is 19.9. The van der Waals surface area contributed by atoms with Gasteiger partial charge in [-0.1, -0.05) is 96.0 Å². The van der Waals surface area contributed by atoms with Crippen molar-refractivity contribution in [3.8, 4) is 27.4 Å². The van der Waals surface area contributed by atoms with Crippen molar-refractivity contribution in [1.29, 1.82) is 0 Å². The highest BCUT2D eigenvalue weighted by atomic mass is 32.1. The van der Waals surface area contributed by atoms with Gasteiger partial charge in [-0.05, 0) is 84.9 Å². The first-order valence-corrected chi connectivity index (χ1v) is 24.4. The molecule has 1 saturated heterocycles. The maximum atomic E-state index is 14.0. The Balaban J connectivity index is 0.802. The van der Waals surface area contributed by atoms with Gasteiger partial charge in [0.05, 0.1) is 45.6 Å². The number of aromatic carboxylic acids is 1. The highest BCUT2D eigenvalue weighted by Gasteiger charge is 2.44. The summed E-state index contributed by atoms with van der Waals surface area (Å²) in [4.78, 5) is 68.6. The smallest absolute Gasteiger partial charge is 0.335 e. The number of carbonyl (C=O) groups excluding carboxylic acids is 3. The van der Waals surface area contributed by atoms with Crippen LogP contribution in [0.4, 0.5) is 0 Å². The molecule has 1 saturated carbocycles. The quantitative estimate of drug-likeness (QED) is 0.0549. The van der Waals surface area contributed by atoms with E-state index in [2.05, 4.69) is 25.6 Å². The number of nitrogens with zero attached hydrogens (tertiary/aromatic N) is 4. The van der Waals surface area contributed by atoms with Gasteiger partial charge in [0.15, 0.2) is 0 Å². The number of hydrogen-bond acceptors (Lipinski definition) is 10.